The molecule has 4 heterocycles. The van der Waals surface area contributed by atoms with Gasteiger partial charge >= 0.3 is 0 Å². The van der Waals surface area contributed by atoms with E-state index in [4.69, 9.17) is 4.42 Å². The molecule has 2 fully saturated rings. The molecule has 3 aromatic heterocycles. The number of aromatic nitrogens is 4. The Morgan fingerprint density at radius 1 is 1.16 bits per heavy atom. The maximum absolute atomic E-state index is 14.0. The normalized spacial score (nSPS) is 18.1. The molecule has 6 rings (SSSR count). The minimum atomic E-state index is -2.81. The number of anilines is 2. The first-order valence-corrected chi connectivity index (χ1v) is 13.9. The summed E-state index contributed by atoms with van der Waals surface area (Å²) >= 11 is 0. The number of alkyl halides is 2. The second kappa shape index (κ2) is 12.3. The molecule has 2 aliphatic rings. The van der Waals surface area contributed by atoms with Gasteiger partial charge in [-0.1, -0.05) is 12.1 Å². The highest BCUT2D eigenvalue weighted by Crippen LogP contribution is 2.32. The Balaban J connectivity index is 1.13. The van der Waals surface area contributed by atoms with Crippen LogP contribution in [0.3, 0.4) is 0 Å². The SMILES string of the molecule is O=C(Nc1cn[nH]c1-c1ccc(CNC(=O)[C@@H]2C[C@@H](O)CN2)c(C(F)F)c1)c1coc(-c2ccnc(NCC3CC3)c2)n1. The minimum absolute atomic E-state index is 0.0232. The number of aromatic amines is 1. The number of rotatable bonds is 11. The van der Waals surface area contributed by atoms with E-state index < -0.39 is 24.5 Å². The number of benzene rings is 1. The van der Waals surface area contributed by atoms with Crippen LogP contribution < -0.4 is 21.3 Å². The molecule has 6 N–H and O–H groups in total. The number of amides is 2. The van der Waals surface area contributed by atoms with Gasteiger partial charge in [0.2, 0.25) is 11.8 Å². The molecule has 1 saturated carbocycles. The number of pyridine rings is 1. The number of nitrogens with zero attached hydrogens (tertiary/aromatic N) is 3. The fraction of sp³-hybridized carbons (Fsp3) is 0.345. The van der Waals surface area contributed by atoms with Crippen molar-refractivity contribution in [2.24, 2.45) is 5.92 Å². The van der Waals surface area contributed by atoms with E-state index in [1.165, 1.54) is 37.4 Å². The van der Waals surface area contributed by atoms with Gasteiger partial charge in [0.25, 0.3) is 12.3 Å². The summed E-state index contributed by atoms with van der Waals surface area (Å²) in [5.41, 5.74) is 1.60. The molecular formula is C29H30F2N8O4. The fourth-order valence-electron chi connectivity index (χ4n) is 4.87. The van der Waals surface area contributed by atoms with Crippen molar-refractivity contribution in [2.75, 3.05) is 23.7 Å². The minimum Gasteiger partial charge on any atom is -0.444 e. The molecule has 43 heavy (non-hydrogen) atoms. The zero-order valence-corrected chi connectivity index (χ0v) is 22.9. The van der Waals surface area contributed by atoms with Crippen LogP contribution in [0.2, 0.25) is 0 Å². The highest BCUT2D eigenvalue weighted by atomic mass is 19.3. The molecule has 1 aromatic carbocycles. The van der Waals surface area contributed by atoms with E-state index in [1.807, 2.05) is 0 Å². The first kappa shape index (κ1) is 28.4. The van der Waals surface area contributed by atoms with Gasteiger partial charge in [-0.25, -0.2) is 18.7 Å². The summed E-state index contributed by atoms with van der Waals surface area (Å²) in [4.78, 5) is 34.0. The number of nitrogens with one attached hydrogen (secondary N) is 5. The van der Waals surface area contributed by atoms with Crippen molar-refractivity contribution < 1.29 is 27.9 Å². The number of H-pyrrole nitrogens is 1. The van der Waals surface area contributed by atoms with E-state index in [2.05, 4.69) is 41.4 Å². The summed E-state index contributed by atoms with van der Waals surface area (Å²) in [6, 6.07) is 7.34. The Labute approximate surface area is 244 Å². The molecule has 0 radical (unpaired) electrons. The average Bonchev–Trinajstić information content (AvgIpc) is 3.34. The molecule has 224 valence electrons. The number of hydrogen-bond acceptors (Lipinski definition) is 9. The van der Waals surface area contributed by atoms with Crippen LogP contribution in [0.5, 0.6) is 0 Å². The highest BCUT2D eigenvalue weighted by molar-refractivity contribution is 6.04. The summed E-state index contributed by atoms with van der Waals surface area (Å²) in [6.07, 6.45) is 3.51. The third kappa shape index (κ3) is 6.70. The van der Waals surface area contributed by atoms with Crippen LogP contribution in [0.4, 0.5) is 20.3 Å². The summed E-state index contributed by atoms with van der Waals surface area (Å²) in [5.74, 6) is 0.679. The number of halogens is 2. The lowest BCUT2D eigenvalue weighted by Gasteiger charge is -2.15. The van der Waals surface area contributed by atoms with Crippen molar-refractivity contribution in [3.63, 3.8) is 0 Å². The lowest BCUT2D eigenvalue weighted by atomic mass is 10.0. The molecule has 0 unspecified atom stereocenters. The molecule has 1 saturated heterocycles. The first-order chi connectivity index (χ1) is 20.8. The largest absolute Gasteiger partial charge is 0.444 e. The number of hydrogen-bond donors (Lipinski definition) is 6. The highest BCUT2D eigenvalue weighted by Gasteiger charge is 2.28. The van der Waals surface area contributed by atoms with Gasteiger partial charge in [0.15, 0.2) is 5.69 Å². The van der Waals surface area contributed by atoms with Gasteiger partial charge in [-0.05, 0) is 48.9 Å². The Morgan fingerprint density at radius 2 is 2.02 bits per heavy atom. The number of carbonyl (C=O) groups is 2. The topological polar surface area (TPSA) is 170 Å². The lowest BCUT2D eigenvalue weighted by molar-refractivity contribution is -0.123. The summed E-state index contributed by atoms with van der Waals surface area (Å²) in [5, 5.41) is 27.9. The van der Waals surface area contributed by atoms with Crippen molar-refractivity contribution in [1.82, 2.24) is 30.8 Å². The van der Waals surface area contributed by atoms with Gasteiger partial charge in [-0.15, -0.1) is 0 Å². The van der Waals surface area contributed by atoms with E-state index in [1.54, 1.807) is 24.4 Å². The molecule has 0 bridgehead atoms. The van der Waals surface area contributed by atoms with Gasteiger partial charge < -0.3 is 30.8 Å². The quantitative estimate of drug-likeness (QED) is 0.153. The number of oxazole rings is 1. The second-order valence-corrected chi connectivity index (χ2v) is 10.7. The number of carbonyl (C=O) groups excluding carboxylic acids is 2. The molecule has 1 aliphatic carbocycles. The van der Waals surface area contributed by atoms with E-state index in [9.17, 15) is 23.5 Å². The summed E-state index contributed by atoms with van der Waals surface area (Å²) in [6.45, 7) is 1.05. The summed E-state index contributed by atoms with van der Waals surface area (Å²) in [7, 11) is 0. The molecule has 14 heteroatoms. The maximum atomic E-state index is 14.0. The van der Waals surface area contributed by atoms with Crippen LogP contribution in [0.1, 0.15) is 47.3 Å². The fourth-order valence-corrected chi connectivity index (χ4v) is 4.87. The maximum Gasteiger partial charge on any atom is 0.277 e. The Hall–Kier alpha value is -4.69. The van der Waals surface area contributed by atoms with E-state index >= 15 is 0 Å². The zero-order chi connectivity index (χ0) is 29.9. The van der Waals surface area contributed by atoms with Crippen LogP contribution in [0.25, 0.3) is 22.7 Å². The molecule has 1 aliphatic heterocycles. The smallest absolute Gasteiger partial charge is 0.277 e. The standard InChI is InChI=1S/C29H30F2N8O4/c30-26(31)20-7-16(3-4-18(20)11-35-27(41)21-9-19(40)12-33-21)25-22(13-36-39-25)37-28(42)23-14-43-29(38-23)17-5-6-32-24(8-17)34-10-15-1-2-15/h3-8,13-15,19,21,26,33,40H,1-2,9-12H2,(H,32,34)(H,35,41)(H,36,39)(H,37,42)/t19-,21+/m1/s1. The Bertz CT molecular complexity index is 1620. The molecule has 12 nitrogen and oxygen atoms in total. The predicted octanol–water partition coefficient (Wildman–Crippen LogP) is 3.48. The third-order valence-corrected chi connectivity index (χ3v) is 7.45. The molecule has 2 amide bonds. The lowest BCUT2D eigenvalue weighted by Crippen LogP contribution is -2.40. The van der Waals surface area contributed by atoms with E-state index in [0.29, 0.717) is 35.1 Å². The zero-order valence-electron chi connectivity index (χ0n) is 22.9. The predicted molar refractivity (Wildman–Crippen MR) is 152 cm³/mol. The van der Waals surface area contributed by atoms with Crippen LogP contribution in [0, 0.1) is 5.92 Å². The number of β-amino-alcohol motifs (C(OH)–C–C–N with tert-alkyl or cyclic N) is 1. The van der Waals surface area contributed by atoms with Gasteiger partial charge in [0.05, 0.1) is 29.7 Å². The molecule has 0 spiro atoms. The van der Waals surface area contributed by atoms with Crippen LogP contribution in [-0.4, -0.2) is 62.3 Å². The number of aliphatic hydroxyl groups is 1. The van der Waals surface area contributed by atoms with Gasteiger partial charge in [-0.2, -0.15) is 5.10 Å². The van der Waals surface area contributed by atoms with Gasteiger partial charge in [-0.3, -0.25) is 14.7 Å². The van der Waals surface area contributed by atoms with Crippen LogP contribution in [0.15, 0.2) is 53.4 Å². The second-order valence-electron chi connectivity index (χ2n) is 10.7. The van der Waals surface area contributed by atoms with Gasteiger partial charge in [0, 0.05) is 42.5 Å². The monoisotopic (exact) mass is 592 g/mol. The first-order valence-electron chi connectivity index (χ1n) is 13.9. The van der Waals surface area contributed by atoms with Gasteiger partial charge in [0.1, 0.15) is 12.1 Å². The van der Waals surface area contributed by atoms with E-state index in [-0.39, 0.29) is 47.3 Å². The average molecular weight is 593 g/mol. The van der Waals surface area contributed by atoms with Crippen molar-refractivity contribution >= 4 is 23.3 Å². The Kier molecular flexibility index (Phi) is 8.11. The van der Waals surface area contributed by atoms with Crippen molar-refractivity contribution in [1.29, 1.82) is 0 Å². The molecule has 2 atom stereocenters. The van der Waals surface area contributed by atoms with Crippen LogP contribution >= 0.6 is 0 Å². The third-order valence-electron chi connectivity index (χ3n) is 7.45. The Morgan fingerprint density at radius 3 is 2.79 bits per heavy atom. The van der Waals surface area contributed by atoms with Crippen molar-refractivity contribution in [3.05, 3.63) is 65.8 Å². The molecule has 4 aromatic rings. The van der Waals surface area contributed by atoms with Crippen molar-refractivity contribution in [3.8, 4) is 22.7 Å². The van der Waals surface area contributed by atoms with Crippen LogP contribution in [-0.2, 0) is 11.3 Å². The number of aliphatic hydroxyl groups excluding tert-OH is 1. The van der Waals surface area contributed by atoms with Crippen molar-refractivity contribution in [2.45, 2.75) is 44.4 Å². The van der Waals surface area contributed by atoms with E-state index in [0.717, 1.165) is 6.54 Å². The summed E-state index contributed by atoms with van der Waals surface area (Å²) < 4.78 is 33.6. The molecular weight excluding hydrogens is 562 g/mol.